The summed E-state index contributed by atoms with van der Waals surface area (Å²) in [5, 5.41) is 0. The van der Waals surface area contributed by atoms with Crippen LogP contribution in [0.2, 0.25) is 0 Å². The van der Waals surface area contributed by atoms with Crippen LogP contribution >= 0.6 is 0 Å². The molecule has 4 heteroatoms. The molecule has 0 atom stereocenters. The number of nitrogens with zero attached hydrogens (tertiary/aromatic N) is 4. The van der Waals surface area contributed by atoms with E-state index in [2.05, 4.69) is 328 Å². The topological polar surface area (TPSA) is 13.0 Å². The maximum absolute atomic E-state index is 2.34. The third-order valence-corrected chi connectivity index (χ3v) is 14.3. The van der Waals surface area contributed by atoms with Crippen molar-refractivity contribution < 1.29 is 0 Å². The van der Waals surface area contributed by atoms with E-state index in [9.17, 15) is 0 Å². The van der Waals surface area contributed by atoms with Crippen LogP contribution in [0.5, 0.6) is 0 Å². The minimum absolute atomic E-state index is 1.07. The van der Waals surface area contributed by atoms with Crippen molar-refractivity contribution in [3.63, 3.8) is 0 Å². The van der Waals surface area contributed by atoms with Crippen molar-refractivity contribution in [3.8, 4) is 22.3 Å². The van der Waals surface area contributed by atoms with Crippen LogP contribution in [0.25, 0.3) is 22.3 Å². The molecule has 11 aromatic rings. The second-order valence-electron chi connectivity index (χ2n) is 20.1. The number of benzene rings is 11. The Balaban J connectivity index is 0.869. The molecule has 0 spiro atoms. The highest BCUT2D eigenvalue weighted by Gasteiger charge is 2.19. The summed E-state index contributed by atoms with van der Waals surface area (Å²) in [6.45, 7) is 12.8. The molecule has 11 aromatic carbocycles. The first-order chi connectivity index (χ1) is 37.1. The summed E-state index contributed by atoms with van der Waals surface area (Å²) in [5.74, 6) is 0. The number of rotatable bonds is 14. The molecule has 0 heterocycles. The standard InChI is InChI=1S/C72H62N4/c1-51-7-27-61(28-8-51)73(62-29-9-52(2)10-30-62)67-39-19-57(20-40-67)59-23-43-69(44-24-59)75(65-35-15-55(5)16-36-65)71-47-49-72(50-48-71)76(66-37-17-56(6)18-38-66)70-45-25-60(26-46-70)58-21-41-68(42-22-58)74(63-31-11-53(3)12-32-63)64-33-13-54(4)14-34-64/h7-50H,1-6H3. The van der Waals surface area contributed by atoms with Gasteiger partial charge in [-0.2, -0.15) is 0 Å². The molecule has 0 fully saturated rings. The van der Waals surface area contributed by atoms with E-state index in [0.29, 0.717) is 0 Å². The molecule has 0 unspecified atom stereocenters. The first kappa shape index (κ1) is 48.9. The van der Waals surface area contributed by atoms with Gasteiger partial charge in [-0.05, 0) is 209 Å². The fraction of sp³-hybridized carbons (Fsp3) is 0.0833. The van der Waals surface area contributed by atoms with Crippen LogP contribution < -0.4 is 19.6 Å². The molecule has 0 aliphatic heterocycles. The highest BCUT2D eigenvalue weighted by Crippen LogP contribution is 2.42. The summed E-state index contributed by atoms with van der Waals surface area (Å²) < 4.78 is 0. The van der Waals surface area contributed by atoms with E-state index in [-0.39, 0.29) is 0 Å². The van der Waals surface area contributed by atoms with Gasteiger partial charge in [0.05, 0.1) is 0 Å². The SMILES string of the molecule is Cc1ccc(N(c2ccc(C)cc2)c2ccc(-c3ccc(N(c4ccc(C)cc4)c4ccc(N(c5ccc(C)cc5)c5ccc(-c6ccc(N(c7ccc(C)cc7)c7ccc(C)cc7)cc6)cc5)cc4)cc3)cc2)cc1. The Labute approximate surface area is 449 Å². The smallest absolute Gasteiger partial charge is 0.0463 e. The zero-order valence-electron chi connectivity index (χ0n) is 44.2. The zero-order chi connectivity index (χ0) is 52.1. The van der Waals surface area contributed by atoms with Crippen LogP contribution in [0.4, 0.5) is 68.2 Å². The second kappa shape index (κ2) is 21.6. The van der Waals surface area contributed by atoms with Crippen LogP contribution in [0.1, 0.15) is 33.4 Å². The summed E-state index contributed by atoms with van der Waals surface area (Å²) in [7, 11) is 0. The first-order valence-electron chi connectivity index (χ1n) is 26.2. The average molecular weight is 983 g/mol. The predicted octanol–water partition coefficient (Wildman–Crippen LogP) is 20.8. The van der Waals surface area contributed by atoms with E-state index < -0.39 is 0 Å². The maximum Gasteiger partial charge on any atom is 0.0463 e. The van der Waals surface area contributed by atoms with Crippen LogP contribution in [0.15, 0.2) is 267 Å². The van der Waals surface area contributed by atoms with E-state index in [0.717, 1.165) is 90.5 Å². The van der Waals surface area contributed by atoms with E-state index in [4.69, 9.17) is 0 Å². The molecule has 370 valence electrons. The van der Waals surface area contributed by atoms with Crippen LogP contribution in [0.3, 0.4) is 0 Å². The van der Waals surface area contributed by atoms with Gasteiger partial charge in [-0.3, -0.25) is 0 Å². The molecule has 4 nitrogen and oxygen atoms in total. The lowest BCUT2D eigenvalue weighted by Crippen LogP contribution is -2.12. The largest absolute Gasteiger partial charge is 0.311 e. The summed E-state index contributed by atoms with van der Waals surface area (Å²) in [4.78, 5) is 9.32. The van der Waals surface area contributed by atoms with Gasteiger partial charge in [0.1, 0.15) is 0 Å². The highest BCUT2D eigenvalue weighted by atomic mass is 15.2. The lowest BCUT2D eigenvalue weighted by Gasteiger charge is -2.29. The fourth-order valence-corrected chi connectivity index (χ4v) is 9.91. The Bertz CT molecular complexity index is 3320. The molecule has 0 bridgehead atoms. The van der Waals surface area contributed by atoms with Crippen molar-refractivity contribution in [2.24, 2.45) is 0 Å². The normalized spacial score (nSPS) is 11.0. The quantitative estimate of drug-likeness (QED) is 0.108. The van der Waals surface area contributed by atoms with E-state index in [1.807, 2.05) is 0 Å². The van der Waals surface area contributed by atoms with Crippen LogP contribution in [0, 0.1) is 41.5 Å². The molecule has 0 aromatic heterocycles. The average Bonchev–Trinajstić information content (AvgIpc) is 3.46. The molecule has 0 saturated carbocycles. The van der Waals surface area contributed by atoms with Gasteiger partial charge >= 0.3 is 0 Å². The van der Waals surface area contributed by atoms with Crippen LogP contribution in [-0.4, -0.2) is 0 Å². The maximum atomic E-state index is 2.34. The summed E-state index contributed by atoms with van der Waals surface area (Å²) >= 11 is 0. The van der Waals surface area contributed by atoms with Gasteiger partial charge in [0.2, 0.25) is 0 Å². The van der Waals surface area contributed by atoms with Crippen molar-refractivity contribution in [2.45, 2.75) is 41.5 Å². The van der Waals surface area contributed by atoms with Crippen LogP contribution in [-0.2, 0) is 0 Å². The first-order valence-corrected chi connectivity index (χ1v) is 26.2. The Kier molecular flexibility index (Phi) is 13.9. The molecule has 0 aliphatic rings. The third kappa shape index (κ3) is 10.7. The van der Waals surface area contributed by atoms with Crippen molar-refractivity contribution in [2.75, 3.05) is 19.6 Å². The third-order valence-electron chi connectivity index (χ3n) is 14.3. The van der Waals surface area contributed by atoms with Gasteiger partial charge in [-0.15, -0.1) is 0 Å². The highest BCUT2D eigenvalue weighted by molar-refractivity contribution is 5.85. The van der Waals surface area contributed by atoms with Crippen molar-refractivity contribution >= 4 is 68.2 Å². The summed E-state index contributed by atoms with van der Waals surface area (Å²) in [5.41, 5.74) is 25.3. The van der Waals surface area contributed by atoms with E-state index in [1.165, 1.54) is 33.4 Å². The molecule has 11 rings (SSSR count). The molecular formula is C72H62N4. The van der Waals surface area contributed by atoms with Crippen molar-refractivity contribution in [1.82, 2.24) is 0 Å². The molecule has 76 heavy (non-hydrogen) atoms. The van der Waals surface area contributed by atoms with Gasteiger partial charge in [0.15, 0.2) is 0 Å². The molecular weight excluding hydrogens is 921 g/mol. The summed E-state index contributed by atoms with van der Waals surface area (Å²) in [6, 6.07) is 97.2. The van der Waals surface area contributed by atoms with Crippen molar-refractivity contribution in [3.05, 3.63) is 300 Å². The van der Waals surface area contributed by atoms with Gasteiger partial charge in [0.25, 0.3) is 0 Å². The second-order valence-corrected chi connectivity index (χ2v) is 20.1. The minimum atomic E-state index is 1.07. The predicted molar refractivity (Wildman–Crippen MR) is 324 cm³/mol. The Morgan fingerprint density at radius 1 is 0.132 bits per heavy atom. The molecule has 0 amide bonds. The lowest BCUT2D eigenvalue weighted by atomic mass is 10.0. The number of hydrogen-bond acceptors (Lipinski definition) is 4. The molecule has 0 N–H and O–H groups in total. The monoisotopic (exact) mass is 982 g/mol. The van der Waals surface area contributed by atoms with Crippen molar-refractivity contribution in [1.29, 1.82) is 0 Å². The molecule has 0 radical (unpaired) electrons. The van der Waals surface area contributed by atoms with Gasteiger partial charge in [-0.25, -0.2) is 0 Å². The molecule has 0 saturated heterocycles. The molecule has 0 aliphatic carbocycles. The summed E-state index contributed by atoms with van der Waals surface area (Å²) in [6.07, 6.45) is 0. The minimum Gasteiger partial charge on any atom is -0.311 e. The Morgan fingerprint density at radius 3 is 0.342 bits per heavy atom. The Morgan fingerprint density at radius 2 is 0.224 bits per heavy atom. The van der Waals surface area contributed by atoms with Gasteiger partial charge < -0.3 is 19.6 Å². The lowest BCUT2D eigenvalue weighted by molar-refractivity contribution is 1.25. The van der Waals surface area contributed by atoms with Gasteiger partial charge in [0, 0.05) is 68.2 Å². The zero-order valence-corrected chi connectivity index (χ0v) is 44.2. The van der Waals surface area contributed by atoms with E-state index >= 15 is 0 Å². The number of anilines is 12. The Hall–Kier alpha value is -9.38. The number of aryl methyl sites for hydroxylation is 6. The van der Waals surface area contributed by atoms with Gasteiger partial charge in [-0.1, -0.05) is 155 Å². The van der Waals surface area contributed by atoms with E-state index in [1.54, 1.807) is 0 Å². The number of hydrogen-bond donors (Lipinski definition) is 0. The fourth-order valence-electron chi connectivity index (χ4n) is 9.91.